The van der Waals surface area contributed by atoms with Gasteiger partial charge in [0.2, 0.25) is 0 Å². The topological polar surface area (TPSA) is 201 Å². The van der Waals surface area contributed by atoms with Crippen molar-refractivity contribution in [2.75, 3.05) is 13.1 Å². The van der Waals surface area contributed by atoms with Gasteiger partial charge in [-0.1, -0.05) is 12.8 Å². The Balaban J connectivity index is 1.92. The predicted octanol–water partition coefficient (Wildman–Crippen LogP) is 3.19. The van der Waals surface area contributed by atoms with Gasteiger partial charge in [-0.05, 0) is 38.5 Å². The lowest BCUT2D eigenvalue weighted by Crippen LogP contribution is -2.25. The summed E-state index contributed by atoms with van der Waals surface area (Å²) in [4.78, 5) is 22.8. The molecule has 0 aromatic heterocycles. The van der Waals surface area contributed by atoms with Gasteiger partial charge in [0.25, 0.3) is 0 Å². The van der Waals surface area contributed by atoms with E-state index in [-0.39, 0.29) is 35.1 Å². The molecule has 0 spiro atoms. The summed E-state index contributed by atoms with van der Waals surface area (Å²) in [5.74, 6) is -0.794. The van der Waals surface area contributed by atoms with Crippen LogP contribution in [-0.2, 0) is 9.59 Å². The molecule has 2 unspecified atom stereocenters. The molecule has 0 fully saturated rings. The largest absolute Gasteiger partial charge is 0.387 e. The molecular formula is C28H26N8O2. The van der Waals surface area contributed by atoms with E-state index >= 15 is 0 Å². The molecule has 10 heteroatoms. The normalized spacial score (nSPS) is 18.5. The number of hydrogen-bond acceptors (Lipinski definition) is 10. The minimum Gasteiger partial charge on any atom is -0.387 e. The highest BCUT2D eigenvalue weighted by Crippen LogP contribution is 2.34. The van der Waals surface area contributed by atoms with Gasteiger partial charge in [0.05, 0.1) is 11.1 Å². The third kappa shape index (κ3) is 7.18. The van der Waals surface area contributed by atoms with Gasteiger partial charge in [0.15, 0.2) is 0 Å². The Kier molecular flexibility index (Phi) is 11.5. The molecule has 0 saturated carbocycles. The van der Waals surface area contributed by atoms with Gasteiger partial charge in [-0.2, -0.15) is 31.6 Å². The molecule has 0 saturated heterocycles. The highest BCUT2D eigenvalue weighted by molar-refractivity contribution is 5.64. The molecular weight excluding hydrogens is 480 g/mol. The zero-order valence-corrected chi connectivity index (χ0v) is 20.9. The number of carbonyl (C=O) groups excluding carboxylic acids is 2. The molecule has 2 aliphatic carbocycles. The Hall–Kier alpha value is -5.16. The van der Waals surface area contributed by atoms with Gasteiger partial charge in [-0.15, -0.1) is 0 Å². The van der Waals surface area contributed by atoms with Gasteiger partial charge in [-0.3, -0.25) is 0 Å². The summed E-state index contributed by atoms with van der Waals surface area (Å²) in [5, 5.41) is 62.5. The highest BCUT2D eigenvalue weighted by atomic mass is 16.1. The second-order valence-electron chi connectivity index (χ2n) is 8.96. The number of unbranched alkanes of at least 4 members (excludes halogenated alkanes) is 3. The second kappa shape index (κ2) is 15.1. The first-order valence-electron chi connectivity index (χ1n) is 12.2. The molecule has 0 aromatic rings. The Morgan fingerprint density at radius 2 is 1.00 bits per heavy atom. The van der Waals surface area contributed by atoms with Crippen LogP contribution >= 0.6 is 0 Å². The van der Waals surface area contributed by atoms with Crippen molar-refractivity contribution in [2.24, 2.45) is 11.8 Å². The van der Waals surface area contributed by atoms with Crippen LogP contribution in [-0.4, -0.2) is 25.7 Å². The smallest absolute Gasteiger partial charge is 0.134 e. The van der Waals surface area contributed by atoms with E-state index in [0.717, 1.165) is 38.3 Å². The van der Waals surface area contributed by atoms with E-state index in [1.54, 1.807) is 0 Å². The molecule has 2 aliphatic rings. The predicted molar refractivity (Wildman–Crippen MR) is 134 cm³/mol. The van der Waals surface area contributed by atoms with Crippen molar-refractivity contribution in [1.82, 2.24) is 10.6 Å². The summed E-state index contributed by atoms with van der Waals surface area (Å²) in [6.45, 7) is 1.12. The molecule has 0 radical (unpaired) electrons. The van der Waals surface area contributed by atoms with Crippen LogP contribution < -0.4 is 10.6 Å². The number of nitrogens with zero attached hydrogens (tertiary/aromatic N) is 6. The molecule has 0 aliphatic heterocycles. The van der Waals surface area contributed by atoms with Crippen LogP contribution in [0.25, 0.3) is 0 Å². The van der Waals surface area contributed by atoms with E-state index < -0.39 is 11.8 Å². The van der Waals surface area contributed by atoms with Crippen molar-refractivity contribution >= 4 is 12.6 Å². The number of nitriles is 6. The van der Waals surface area contributed by atoms with E-state index in [9.17, 15) is 41.2 Å². The van der Waals surface area contributed by atoms with Crippen LogP contribution in [0.3, 0.4) is 0 Å². The molecule has 190 valence electrons. The Morgan fingerprint density at radius 3 is 1.29 bits per heavy atom. The van der Waals surface area contributed by atoms with Crippen LogP contribution in [0.2, 0.25) is 0 Å². The van der Waals surface area contributed by atoms with Crippen LogP contribution in [0.1, 0.15) is 51.4 Å². The fraction of sp³-hybridized carbons (Fsp3) is 0.429. The van der Waals surface area contributed by atoms with Gasteiger partial charge < -0.3 is 20.2 Å². The average molecular weight is 507 g/mol. The van der Waals surface area contributed by atoms with E-state index in [1.165, 1.54) is 0 Å². The number of allylic oxidation sites excluding steroid dienone is 8. The fourth-order valence-electron chi connectivity index (χ4n) is 4.61. The molecule has 2 N–H and O–H groups in total. The van der Waals surface area contributed by atoms with Crippen molar-refractivity contribution in [3.05, 3.63) is 44.8 Å². The summed E-state index contributed by atoms with van der Waals surface area (Å²) in [7, 11) is 0. The lowest BCUT2D eigenvalue weighted by atomic mass is 9.82. The van der Waals surface area contributed by atoms with E-state index in [4.69, 9.17) is 0 Å². The highest BCUT2D eigenvalue weighted by Gasteiger charge is 2.28. The van der Waals surface area contributed by atoms with E-state index in [1.807, 2.05) is 24.3 Å². The summed E-state index contributed by atoms with van der Waals surface area (Å²) < 4.78 is 0. The molecule has 0 aromatic carbocycles. The Labute approximate surface area is 222 Å². The minimum atomic E-state index is -0.397. The number of rotatable bonds is 11. The first-order chi connectivity index (χ1) is 18.5. The first-order valence-corrected chi connectivity index (χ1v) is 12.2. The summed E-state index contributed by atoms with van der Waals surface area (Å²) in [6, 6.07) is 11.4. The standard InChI is InChI=1S/C28H26N8O2/c29-11-21(12-30)23-7-19(17-37)9-27(25(23)15-33)35-5-3-1-2-4-6-36-28-10-20(18-38)8-24(26(28)16-34)22(13-31)14-32/h17-20,35-36H,1-10H2. The number of nitrogens with one attached hydrogen (secondary N) is 2. The summed E-state index contributed by atoms with van der Waals surface area (Å²) in [5.41, 5.74) is 2.01. The average Bonchev–Trinajstić information content (AvgIpc) is 2.95. The lowest BCUT2D eigenvalue weighted by molar-refractivity contribution is -0.111. The van der Waals surface area contributed by atoms with Gasteiger partial charge in [-0.25, -0.2) is 0 Å². The zero-order valence-electron chi connectivity index (χ0n) is 20.9. The van der Waals surface area contributed by atoms with E-state index in [0.29, 0.717) is 48.5 Å². The van der Waals surface area contributed by atoms with Crippen LogP contribution in [0.5, 0.6) is 0 Å². The van der Waals surface area contributed by atoms with E-state index in [2.05, 4.69) is 22.8 Å². The third-order valence-corrected chi connectivity index (χ3v) is 6.51. The zero-order chi connectivity index (χ0) is 27.9. The molecule has 38 heavy (non-hydrogen) atoms. The van der Waals surface area contributed by atoms with Crippen molar-refractivity contribution in [3.63, 3.8) is 0 Å². The molecule has 0 bridgehead atoms. The van der Waals surface area contributed by atoms with Crippen LogP contribution in [0, 0.1) is 79.8 Å². The summed E-state index contributed by atoms with van der Waals surface area (Å²) >= 11 is 0. The van der Waals surface area contributed by atoms with Gasteiger partial charge >= 0.3 is 0 Å². The van der Waals surface area contributed by atoms with Gasteiger partial charge in [0, 0.05) is 47.5 Å². The second-order valence-corrected chi connectivity index (χ2v) is 8.96. The van der Waals surface area contributed by atoms with Crippen LogP contribution in [0.4, 0.5) is 0 Å². The molecule has 2 rings (SSSR count). The maximum absolute atomic E-state index is 11.4. The minimum absolute atomic E-state index is 0.147. The molecule has 0 heterocycles. The van der Waals surface area contributed by atoms with Crippen molar-refractivity contribution in [3.8, 4) is 36.4 Å². The Bertz CT molecular complexity index is 1200. The first kappa shape index (κ1) is 29.1. The van der Waals surface area contributed by atoms with Crippen molar-refractivity contribution in [1.29, 1.82) is 31.6 Å². The molecule has 10 nitrogen and oxygen atoms in total. The summed E-state index contributed by atoms with van der Waals surface area (Å²) in [6.07, 6.45) is 5.99. The quantitative estimate of drug-likeness (QED) is 0.238. The van der Waals surface area contributed by atoms with Crippen LogP contribution in [0.15, 0.2) is 44.8 Å². The number of aldehydes is 2. The van der Waals surface area contributed by atoms with Crippen molar-refractivity contribution in [2.45, 2.75) is 51.4 Å². The maximum Gasteiger partial charge on any atom is 0.134 e. The lowest BCUT2D eigenvalue weighted by Gasteiger charge is -2.25. The van der Waals surface area contributed by atoms with Gasteiger partial charge in [0.1, 0.15) is 60.1 Å². The molecule has 0 amide bonds. The Morgan fingerprint density at radius 1 is 0.632 bits per heavy atom. The number of carbonyl (C=O) groups is 2. The maximum atomic E-state index is 11.4. The number of hydrogen-bond donors (Lipinski definition) is 2. The fourth-order valence-corrected chi connectivity index (χ4v) is 4.61. The molecule has 2 atom stereocenters. The monoisotopic (exact) mass is 506 g/mol. The SMILES string of the molecule is N#CC(C#N)=C1CC(C=O)CC(NCCCCCCNC2=C(C#N)C(=C(C#N)C#N)CC(C=O)C2)=C1C#N. The van der Waals surface area contributed by atoms with Crippen molar-refractivity contribution < 1.29 is 9.59 Å². The third-order valence-electron chi connectivity index (χ3n) is 6.51.